The maximum absolute atomic E-state index is 10.9. The van der Waals surface area contributed by atoms with E-state index in [1.807, 2.05) is 0 Å². The molecule has 0 aromatic carbocycles. The molecule has 1 saturated carbocycles. The summed E-state index contributed by atoms with van der Waals surface area (Å²) in [5, 5.41) is 8.99. The highest BCUT2D eigenvalue weighted by atomic mass is 16.4. The maximum atomic E-state index is 10.9. The number of hydrogen-bond donors (Lipinski definition) is 1. The molecule has 0 amide bonds. The molecule has 1 rings (SSSR count). The molecule has 1 fully saturated rings. The summed E-state index contributed by atoms with van der Waals surface area (Å²) in [5.74, 6) is -0.0827. The highest BCUT2D eigenvalue weighted by molar-refractivity contribution is 5.69. The standard InChI is InChI=1S/C14H27NO2/c1-5-15(10-13(16)17)12-9-7-6-8-11(12)14(2,3)4/h11-12H,5-10H2,1-4H3,(H,16,17). The van der Waals surface area contributed by atoms with Crippen LogP contribution in [0.15, 0.2) is 0 Å². The Labute approximate surface area is 105 Å². The van der Waals surface area contributed by atoms with Crippen LogP contribution in [0, 0.1) is 11.3 Å². The molecule has 0 heterocycles. The van der Waals surface area contributed by atoms with E-state index in [-0.39, 0.29) is 12.0 Å². The summed E-state index contributed by atoms with van der Waals surface area (Å²) in [4.78, 5) is 13.1. The lowest BCUT2D eigenvalue weighted by Crippen LogP contribution is -2.48. The predicted octanol–water partition coefficient (Wildman–Crippen LogP) is 3.00. The van der Waals surface area contributed by atoms with E-state index in [0.29, 0.717) is 12.0 Å². The van der Waals surface area contributed by atoms with Crippen molar-refractivity contribution in [2.45, 2.75) is 59.4 Å². The van der Waals surface area contributed by atoms with Crippen molar-refractivity contribution in [2.75, 3.05) is 13.1 Å². The average Bonchev–Trinajstić information content (AvgIpc) is 2.24. The second-order valence-electron chi connectivity index (χ2n) is 6.28. The average molecular weight is 241 g/mol. The van der Waals surface area contributed by atoms with Gasteiger partial charge in [0.25, 0.3) is 0 Å². The fraction of sp³-hybridized carbons (Fsp3) is 0.929. The Bertz CT molecular complexity index is 257. The first-order chi connectivity index (χ1) is 7.86. The summed E-state index contributed by atoms with van der Waals surface area (Å²) in [6, 6.07) is 0.449. The summed E-state index contributed by atoms with van der Waals surface area (Å²) >= 11 is 0. The minimum atomic E-state index is -0.704. The molecule has 0 radical (unpaired) electrons. The van der Waals surface area contributed by atoms with E-state index >= 15 is 0 Å². The Balaban J connectivity index is 2.78. The monoisotopic (exact) mass is 241 g/mol. The minimum Gasteiger partial charge on any atom is -0.480 e. The maximum Gasteiger partial charge on any atom is 0.317 e. The van der Waals surface area contributed by atoms with Crippen molar-refractivity contribution in [3.8, 4) is 0 Å². The quantitative estimate of drug-likeness (QED) is 0.822. The molecule has 0 aromatic heterocycles. The molecule has 3 nitrogen and oxygen atoms in total. The van der Waals surface area contributed by atoms with E-state index < -0.39 is 5.97 Å². The van der Waals surface area contributed by atoms with E-state index in [9.17, 15) is 4.79 Å². The smallest absolute Gasteiger partial charge is 0.317 e. The van der Waals surface area contributed by atoms with Gasteiger partial charge in [-0.15, -0.1) is 0 Å². The van der Waals surface area contributed by atoms with Crippen LogP contribution in [-0.4, -0.2) is 35.1 Å². The molecule has 1 aliphatic rings. The number of nitrogens with zero attached hydrogens (tertiary/aromatic N) is 1. The van der Waals surface area contributed by atoms with E-state index in [1.165, 1.54) is 19.3 Å². The minimum absolute atomic E-state index is 0.188. The molecular weight excluding hydrogens is 214 g/mol. The second kappa shape index (κ2) is 5.85. The summed E-state index contributed by atoms with van der Waals surface area (Å²) in [6.45, 7) is 9.94. The van der Waals surface area contributed by atoms with Crippen LogP contribution in [0.4, 0.5) is 0 Å². The highest BCUT2D eigenvalue weighted by Crippen LogP contribution is 2.40. The van der Waals surface area contributed by atoms with Crippen molar-refractivity contribution >= 4 is 5.97 Å². The fourth-order valence-corrected chi connectivity index (χ4v) is 3.20. The van der Waals surface area contributed by atoms with Crippen molar-refractivity contribution in [3.05, 3.63) is 0 Å². The highest BCUT2D eigenvalue weighted by Gasteiger charge is 2.37. The van der Waals surface area contributed by atoms with Gasteiger partial charge in [0, 0.05) is 6.04 Å². The summed E-state index contributed by atoms with van der Waals surface area (Å²) in [5.41, 5.74) is 0.275. The Hall–Kier alpha value is -0.570. The first-order valence-corrected chi connectivity index (χ1v) is 6.82. The Morgan fingerprint density at radius 3 is 2.35 bits per heavy atom. The lowest BCUT2D eigenvalue weighted by molar-refractivity contribution is -0.139. The number of carboxylic acid groups (broad SMARTS) is 1. The van der Waals surface area contributed by atoms with Crippen LogP contribution in [-0.2, 0) is 4.79 Å². The molecule has 17 heavy (non-hydrogen) atoms. The number of likely N-dealkylation sites (N-methyl/N-ethyl adjacent to an activating group) is 1. The van der Waals surface area contributed by atoms with Crippen molar-refractivity contribution in [1.82, 2.24) is 4.90 Å². The van der Waals surface area contributed by atoms with Crippen molar-refractivity contribution in [1.29, 1.82) is 0 Å². The van der Waals surface area contributed by atoms with Crippen molar-refractivity contribution in [2.24, 2.45) is 11.3 Å². The summed E-state index contributed by atoms with van der Waals surface area (Å²) in [6.07, 6.45) is 4.93. The van der Waals surface area contributed by atoms with Crippen LogP contribution in [0.3, 0.4) is 0 Å². The zero-order valence-electron chi connectivity index (χ0n) is 11.7. The normalized spacial score (nSPS) is 26.2. The molecule has 0 saturated heterocycles. The first kappa shape index (κ1) is 14.5. The molecular formula is C14H27NO2. The van der Waals surface area contributed by atoms with Gasteiger partial charge < -0.3 is 5.11 Å². The zero-order valence-corrected chi connectivity index (χ0v) is 11.7. The third-order valence-corrected chi connectivity index (χ3v) is 4.06. The zero-order chi connectivity index (χ0) is 13.1. The van der Waals surface area contributed by atoms with Crippen molar-refractivity contribution in [3.63, 3.8) is 0 Å². The topological polar surface area (TPSA) is 40.5 Å². The van der Waals surface area contributed by atoms with Gasteiger partial charge >= 0.3 is 5.97 Å². The molecule has 0 bridgehead atoms. The molecule has 3 heteroatoms. The molecule has 100 valence electrons. The van der Waals surface area contributed by atoms with E-state index in [1.54, 1.807) is 0 Å². The number of rotatable bonds is 4. The number of carboxylic acids is 1. The molecule has 1 aliphatic carbocycles. The second-order valence-corrected chi connectivity index (χ2v) is 6.28. The van der Waals surface area contributed by atoms with Gasteiger partial charge in [-0.2, -0.15) is 0 Å². The van der Waals surface area contributed by atoms with Crippen LogP contribution in [0.5, 0.6) is 0 Å². The third kappa shape index (κ3) is 3.98. The van der Waals surface area contributed by atoms with Gasteiger partial charge in [0.05, 0.1) is 6.54 Å². The van der Waals surface area contributed by atoms with E-state index in [2.05, 4.69) is 32.6 Å². The SMILES string of the molecule is CCN(CC(=O)O)C1CCCCC1C(C)(C)C. The first-order valence-electron chi connectivity index (χ1n) is 6.82. The lowest BCUT2D eigenvalue weighted by Gasteiger charge is -2.45. The van der Waals surface area contributed by atoms with Crippen LogP contribution in [0.1, 0.15) is 53.4 Å². The van der Waals surface area contributed by atoms with Gasteiger partial charge in [-0.25, -0.2) is 0 Å². The number of carbonyl (C=O) groups is 1. The van der Waals surface area contributed by atoms with Gasteiger partial charge in [0.1, 0.15) is 0 Å². The van der Waals surface area contributed by atoms with Crippen LogP contribution < -0.4 is 0 Å². The molecule has 0 aliphatic heterocycles. The number of hydrogen-bond acceptors (Lipinski definition) is 2. The largest absolute Gasteiger partial charge is 0.480 e. The van der Waals surface area contributed by atoms with Crippen LogP contribution in [0.2, 0.25) is 0 Å². The molecule has 2 atom stereocenters. The molecule has 2 unspecified atom stereocenters. The van der Waals surface area contributed by atoms with Crippen LogP contribution >= 0.6 is 0 Å². The van der Waals surface area contributed by atoms with Crippen molar-refractivity contribution < 1.29 is 9.90 Å². The Morgan fingerprint density at radius 2 is 1.88 bits per heavy atom. The predicted molar refractivity (Wildman–Crippen MR) is 70.1 cm³/mol. The molecule has 0 spiro atoms. The van der Waals surface area contributed by atoms with E-state index in [0.717, 1.165) is 13.0 Å². The van der Waals surface area contributed by atoms with E-state index in [4.69, 9.17) is 5.11 Å². The van der Waals surface area contributed by atoms with Gasteiger partial charge in [-0.1, -0.05) is 40.5 Å². The van der Waals surface area contributed by atoms with Gasteiger partial charge in [0.15, 0.2) is 0 Å². The Kier molecular flexibility index (Phi) is 4.99. The van der Waals surface area contributed by atoms with Crippen LogP contribution in [0.25, 0.3) is 0 Å². The summed E-state index contributed by atoms with van der Waals surface area (Å²) < 4.78 is 0. The van der Waals surface area contributed by atoms with Gasteiger partial charge in [-0.05, 0) is 30.7 Å². The molecule has 0 aromatic rings. The fourth-order valence-electron chi connectivity index (χ4n) is 3.20. The summed E-state index contributed by atoms with van der Waals surface area (Å²) in [7, 11) is 0. The third-order valence-electron chi connectivity index (χ3n) is 4.06. The Morgan fingerprint density at radius 1 is 1.29 bits per heavy atom. The lowest BCUT2D eigenvalue weighted by atomic mass is 9.69. The van der Waals surface area contributed by atoms with Gasteiger partial charge in [0.2, 0.25) is 0 Å². The number of aliphatic carboxylic acids is 1. The van der Waals surface area contributed by atoms with Gasteiger partial charge in [-0.3, -0.25) is 9.69 Å². The molecule has 1 N–H and O–H groups in total.